The lowest BCUT2D eigenvalue weighted by atomic mass is 10.1. The number of rotatable bonds is 3. The van der Waals surface area contributed by atoms with E-state index in [1.807, 2.05) is 30.3 Å². The quantitative estimate of drug-likeness (QED) is 0.804. The van der Waals surface area contributed by atoms with Gasteiger partial charge in [-0.2, -0.15) is 0 Å². The van der Waals surface area contributed by atoms with Gasteiger partial charge in [-0.1, -0.05) is 37.3 Å². The second-order valence-corrected chi connectivity index (χ2v) is 3.65. The Labute approximate surface area is 98.9 Å². The molecule has 5 nitrogen and oxygen atoms in total. The van der Waals surface area contributed by atoms with Crippen molar-refractivity contribution in [1.82, 2.24) is 5.06 Å². The van der Waals surface area contributed by atoms with Gasteiger partial charge in [0.05, 0.1) is 0 Å². The molecule has 2 rings (SSSR count). The average molecular weight is 235 g/mol. The van der Waals surface area contributed by atoms with Crippen LogP contribution in [0.2, 0.25) is 0 Å². The summed E-state index contributed by atoms with van der Waals surface area (Å²) in [7, 11) is 0. The highest BCUT2D eigenvalue weighted by Crippen LogP contribution is 2.27. The van der Waals surface area contributed by atoms with Crippen molar-refractivity contribution in [3.63, 3.8) is 0 Å². The van der Waals surface area contributed by atoms with Crippen LogP contribution >= 0.6 is 0 Å². The average Bonchev–Trinajstić information content (AvgIpc) is 2.72. The first-order valence-corrected chi connectivity index (χ1v) is 5.44. The Bertz CT molecular complexity index is 418. The molecule has 1 aromatic rings. The van der Waals surface area contributed by atoms with Crippen LogP contribution in [0.15, 0.2) is 30.3 Å². The summed E-state index contributed by atoms with van der Waals surface area (Å²) in [6, 6.07) is 8.96. The number of benzene rings is 1. The second-order valence-electron chi connectivity index (χ2n) is 3.65. The van der Waals surface area contributed by atoms with Gasteiger partial charge in [-0.05, 0) is 5.56 Å². The van der Waals surface area contributed by atoms with Crippen LogP contribution in [-0.4, -0.2) is 23.7 Å². The van der Waals surface area contributed by atoms with Crippen LogP contribution in [0.5, 0.6) is 0 Å². The highest BCUT2D eigenvalue weighted by atomic mass is 16.8. The highest BCUT2D eigenvalue weighted by molar-refractivity contribution is 5.74. The van der Waals surface area contributed by atoms with E-state index in [9.17, 15) is 9.59 Å². The van der Waals surface area contributed by atoms with Crippen molar-refractivity contribution in [1.29, 1.82) is 0 Å². The Kier molecular flexibility index (Phi) is 3.27. The summed E-state index contributed by atoms with van der Waals surface area (Å²) in [4.78, 5) is 27.6. The molecule has 0 N–H and O–H groups in total. The zero-order chi connectivity index (χ0) is 12.3. The molecule has 1 atom stereocenters. The number of ether oxygens (including phenoxy) is 1. The van der Waals surface area contributed by atoms with E-state index >= 15 is 0 Å². The van der Waals surface area contributed by atoms with Crippen molar-refractivity contribution in [2.24, 2.45) is 0 Å². The van der Waals surface area contributed by atoms with Crippen LogP contribution in [0, 0.1) is 0 Å². The summed E-state index contributed by atoms with van der Waals surface area (Å²) in [6.45, 7) is 1.86. The number of hydrogen-bond donors (Lipinski definition) is 0. The number of nitrogens with zero attached hydrogens (tertiary/aromatic N) is 1. The number of carbonyl (C=O) groups excluding carboxylic acids is 2. The van der Waals surface area contributed by atoms with Gasteiger partial charge in [0.25, 0.3) is 0 Å². The fourth-order valence-electron chi connectivity index (χ4n) is 1.59. The molecular formula is C12H13NO4. The predicted octanol–water partition coefficient (Wildman–Crippen LogP) is 2.05. The van der Waals surface area contributed by atoms with Gasteiger partial charge in [0.15, 0.2) is 0 Å². The Hall–Kier alpha value is -2.04. The summed E-state index contributed by atoms with van der Waals surface area (Å²) in [5.74, 6) is -0.454. The summed E-state index contributed by atoms with van der Waals surface area (Å²) in [5, 5.41) is 1.00. The van der Waals surface area contributed by atoms with Crippen molar-refractivity contribution < 1.29 is 19.2 Å². The minimum Gasteiger partial charge on any atom is -0.445 e. The van der Waals surface area contributed by atoms with Crippen LogP contribution in [-0.2, 0) is 14.4 Å². The normalized spacial score (nSPS) is 19.0. The molecule has 1 unspecified atom stereocenters. The lowest BCUT2D eigenvalue weighted by molar-refractivity contribution is -0.180. The fourth-order valence-corrected chi connectivity index (χ4v) is 1.59. The molecule has 1 aliphatic heterocycles. The topological polar surface area (TPSA) is 55.8 Å². The van der Waals surface area contributed by atoms with Crippen molar-refractivity contribution in [3.8, 4) is 0 Å². The Morgan fingerprint density at radius 2 is 2.18 bits per heavy atom. The minimum absolute atomic E-state index is 0.194. The molecule has 0 bridgehead atoms. The summed E-state index contributed by atoms with van der Waals surface area (Å²) in [5.41, 5.74) is 0.877. The second kappa shape index (κ2) is 4.86. The van der Waals surface area contributed by atoms with E-state index < -0.39 is 12.1 Å². The van der Waals surface area contributed by atoms with Crippen LogP contribution in [0.4, 0.5) is 4.79 Å². The van der Waals surface area contributed by atoms with Crippen LogP contribution in [0.25, 0.3) is 0 Å². The zero-order valence-corrected chi connectivity index (χ0v) is 9.46. The monoisotopic (exact) mass is 235 g/mol. The minimum atomic E-state index is -0.624. The van der Waals surface area contributed by atoms with Crippen LogP contribution in [0.3, 0.4) is 0 Å². The van der Waals surface area contributed by atoms with Crippen molar-refractivity contribution in [3.05, 3.63) is 35.9 Å². The first-order valence-electron chi connectivity index (χ1n) is 5.44. The van der Waals surface area contributed by atoms with E-state index in [1.54, 1.807) is 6.92 Å². The number of hydrogen-bond acceptors (Lipinski definition) is 4. The van der Waals surface area contributed by atoms with Gasteiger partial charge in [0.1, 0.15) is 12.6 Å². The zero-order valence-electron chi connectivity index (χ0n) is 9.46. The molecule has 0 aliphatic carbocycles. The van der Waals surface area contributed by atoms with Crippen LogP contribution < -0.4 is 0 Å². The molecule has 0 aromatic heterocycles. The number of carbonyl (C=O) groups is 2. The van der Waals surface area contributed by atoms with Crippen molar-refractivity contribution in [2.75, 3.05) is 6.61 Å². The van der Waals surface area contributed by atoms with Gasteiger partial charge in [-0.25, -0.2) is 9.59 Å². The predicted molar refractivity (Wildman–Crippen MR) is 58.8 cm³/mol. The number of amides is 1. The number of hydroxylamine groups is 2. The Morgan fingerprint density at radius 3 is 2.82 bits per heavy atom. The third-order valence-electron chi connectivity index (χ3n) is 2.50. The Balaban J connectivity index is 2.16. The molecule has 0 saturated carbocycles. The van der Waals surface area contributed by atoms with E-state index in [1.165, 1.54) is 0 Å². The van der Waals surface area contributed by atoms with Gasteiger partial charge in [0, 0.05) is 6.42 Å². The lowest BCUT2D eigenvalue weighted by Crippen LogP contribution is -2.30. The highest BCUT2D eigenvalue weighted by Gasteiger charge is 2.37. The van der Waals surface area contributed by atoms with E-state index in [0.717, 1.165) is 10.6 Å². The van der Waals surface area contributed by atoms with Crippen molar-refractivity contribution in [2.45, 2.75) is 19.4 Å². The SMILES string of the molecule is CCC(=O)ON1C(=O)OCC1c1ccccc1. The van der Waals surface area contributed by atoms with Gasteiger partial charge in [-0.15, -0.1) is 5.06 Å². The Morgan fingerprint density at radius 1 is 1.47 bits per heavy atom. The fraction of sp³-hybridized carbons (Fsp3) is 0.333. The third kappa shape index (κ3) is 2.38. The maximum absolute atomic E-state index is 11.4. The molecule has 1 amide bonds. The molecule has 5 heteroatoms. The first-order chi connectivity index (χ1) is 8.22. The number of cyclic esters (lactones) is 1. The van der Waals surface area contributed by atoms with E-state index in [-0.39, 0.29) is 19.1 Å². The molecule has 1 aromatic carbocycles. The van der Waals surface area contributed by atoms with E-state index in [2.05, 4.69) is 0 Å². The van der Waals surface area contributed by atoms with Crippen LogP contribution in [0.1, 0.15) is 24.9 Å². The molecule has 0 radical (unpaired) electrons. The molecule has 17 heavy (non-hydrogen) atoms. The summed E-state index contributed by atoms with van der Waals surface area (Å²) < 4.78 is 4.89. The van der Waals surface area contributed by atoms with Gasteiger partial charge < -0.3 is 9.57 Å². The van der Waals surface area contributed by atoms with Crippen molar-refractivity contribution >= 4 is 12.1 Å². The van der Waals surface area contributed by atoms with Gasteiger partial charge in [-0.3, -0.25) is 0 Å². The molecule has 0 spiro atoms. The largest absolute Gasteiger partial charge is 0.445 e. The summed E-state index contributed by atoms with van der Waals surface area (Å²) >= 11 is 0. The van der Waals surface area contributed by atoms with Gasteiger partial charge >= 0.3 is 12.1 Å². The molecule has 90 valence electrons. The first kappa shape index (κ1) is 11.4. The smallest absolute Gasteiger partial charge is 0.444 e. The maximum Gasteiger partial charge on any atom is 0.444 e. The molecular weight excluding hydrogens is 222 g/mol. The molecule has 1 heterocycles. The van der Waals surface area contributed by atoms with E-state index in [4.69, 9.17) is 9.57 Å². The lowest BCUT2D eigenvalue weighted by Gasteiger charge is -2.19. The molecule has 1 fully saturated rings. The van der Waals surface area contributed by atoms with E-state index in [0.29, 0.717) is 0 Å². The standard InChI is InChI=1S/C12H13NO4/c1-2-11(14)17-13-10(8-16-12(13)15)9-6-4-3-5-7-9/h3-7,10H,2,8H2,1H3. The molecule has 1 saturated heterocycles. The summed E-state index contributed by atoms with van der Waals surface area (Å²) in [6.07, 6.45) is -0.411. The van der Waals surface area contributed by atoms with Gasteiger partial charge in [0.2, 0.25) is 0 Å². The maximum atomic E-state index is 11.4. The molecule has 1 aliphatic rings. The third-order valence-corrected chi connectivity index (χ3v) is 2.50.